The predicted octanol–water partition coefficient (Wildman–Crippen LogP) is -0.839. The van der Waals surface area contributed by atoms with Crippen LogP contribution in [0.5, 0.6) is 0 Å². The van der Waals surface area contributed by atoms with Crippen LogP contribution in [-0.2, 0) is 4.84 Å². The van der Waals surface area contributed by atoms with E-state index in [0.29, 0.717) is 0 Å². The van der Waals surface area contributed by atoms with Crippen molar-refractivity contribution >= 4 is 0 Å². The topological polar surface area (TPSA) is 62.7 Å². The molecule has 5 heteroatoms. The highest BCUT2D eigenvalue weighted by molar-refractivity contribution is 4.62. The molecule has 1 fully saturated rings. The molecule has 8 heavy (non-hydrogen) atoms. The maximum atomic E-state index is 9.41. The van der Waals surface area contributed by atoms with E-state index in [1.807, 2.05) is 0 Å². The number of nitrogens with zero attached hydrogens (tertiary/aromatic N) is 1. The van der Waals surface area contributed by atoms with Gasteiger partial charge < -0.3 is 4.84 Å². The summed E-state index contributed by atoms with van der Waals surface area (Å²) in [6.45, 7) is 1.64. The summed E-state index contributed by atoms with van der Waals surface area (Å²) in [5.74, 6) is 0. The summed E-state index contributed by atoms with van der Waals surface area (Å²) in [7, 11) is 0. The lowest BCUT2D eigenvalue weighted by atomic mass is 10.7. The lowest BCUT2D eigenvalue weighted by molar-refractivity contribution is 0.0299. The van der Waals surface area contributed by atoms with Gasteiger partial charge in [0.05, 0.1) is 0 Å². The van der Waals surface area contributed by atoms with Crippen molar-refractivity contribution in [2.24, 2.45) is 5.34 Å². The van der Waals surface area contributed by atoms with Gasteiger partial charge in [0, 0.05) is 13.1 Å². The zero-order valence-electron chi connectivity index (χ0n) is 4.26. The summed E-state index contributed by atoms with van der Waals surface area (Å²) in [6.07, 6.45) is -0.368. The van der Waals surface area contributed by atoms with Gasteiger partial charge in [0.2, 0.25) is 6.35 Å². The van der Waals surface area contributed by atoms with Crippen LogP contribution in [0, 0.1) is 4.91 Å². The molecular weight excluding hydrogens is 110 g/mol. The molecule has 0 atom stereocenters. The van der Waals surface area contributed by atoms with Crippen LogP contribution in [-0.4, -0.2) is 19.4 Å². The van der Waals surface area contributed by atoms with Crippen molar-refractivity contribution in [2.75, 3.05) is 13.1 Å². The van der Waals surface area contributed by atoms with Gasteiger partial charge in [-0.1, -0.05) is 0 Å². The predicted molar refractivity (Wildman–Crippen MR) is 26.7 cm³/mol. The van der Waals surface area contributed by atoms with Gasteiger partial charge in [0.25, 0.3) is 0 Å². The van der Waals surface area contributed by atoms with Crippen molar-refractivity contribution in [3.8, 4) is 0 Å². The molecule has 2 N–H and O–H groups in total. The average molecular weight is 117 g/mol. The molecule has 5 nitrogen and oxygen atoms in total. The third-order valence-electron chi connectivity index (χ3n) is 0.933. The fraction of sp³-hybridized carbons (Fsp3) is 1.00. The van der Waals surface area contributed by atoms with Crippen molar-refractivity contribution in [3.63, 3.8) is 0 Å². The fourth-order valence-electron chi connectivity index (χ4n) is 0.596. The highest BCUT2D eigenvalue weighted by Gasteiger charge is 2.12. The third-order valence-corrected chi connectivity index (χ3v) is 0.933. The van der Waals surface area contributed by atoms with E-state index in [-0.39, 0.29) is 6.35 Å². The Hall–Kier alpha value is -0.680. The molecule has 0 amide bonds. The maximum absolute atomic E-state index is 9.41. The first-order valence-electron chi connectivity index (χ1n) is 2.39. The Morgan fingerprint density at radius 2 is 2.12 bits per heavy atom. The van der Waals surface area contributed by atoms with Crippen LogP contribution in [0.3, 0.4) is 0 Å². The van der Waals surface area contributed by atoms with Gasteiger partial charge in [-0.15, -0.1) is 4.91 Å². The lowest BCUT2D eigenvalue weighted by Gasteiger charge is -2.02. The molecule has 1 aliphatic heterocycles. The molecule has 1 aliphatic rings. The van der Waals surface area contributed by atoms with Crippen LogP contribution in [0.2, 0.25) is 0 Å². The van der Waals surface area contributed by atoms with E-state index in [1.165, 1.54) is 0 Å². The zero-order valence-corrected chi connectivity index (χ0v) is 4.26. The molecule has 0 aromatic heterocycles. The molecule has 0 bridgehead atoms. The quantitative estimate of drug-likeness (QED) is 0.365. The first-order chi connectivity index (χ1) is 3.93. The molecule has 0 aromatic carbocycles. The van der Waals surface area contributed by atoms with Gasteiger partial charge >= 0.3 is 0 Å². The fourth-order valence-corrected chi connectivity index (χ4v) is 0.596. The second-order valence-corrected chi connectivity index (χ2v) is 1.47. The van der Waals surface area contributed by atoms with Crippen molar-refractivity contribution in [1.29, 1.82) is 0 Å². The SMILES string of the molecule is O=NOC1NCCN1. The van der Waals surface area contributed by atoms with Gasteiger partial charge in [-0.05, 0) is 0 Å². The molecule has 0 aromatic rings. The standard InChI is InChI=1S/C3H7N3O2/c7-6-8-3-4-1-2-5-3/h3-5H,1-2H2. The smallest absolute Gasteiger partial charge is 0.236 e. The number of hydrogen-bond acceptors (Lipinski definition) is 5. The molecule has 1 saturated heterocycles. The molecule has 0 radical (unpaired) electrons. The average Bonchev–Trinajstić information content (AvgIpc) is 2.19. The van der Waals surface area contributed by atoms with E-state index in [0.717, 1.165) is 13.1 Å². The van der Waals surface area contributed by atoms with Crippen LogP contribution in [0.1, 0.15) is 0 Å². The van der Waals surface area contributed by atoms with E-state index in [9.17, 15) is 4.91 Å². The van der Waals surface area contributed by atoms with Gasteiger partial charge in [-0.25, -0.2) is 0 Å². The van der Waals surface area contributed by atoms with Crippen LogP contribution in [0.4, 0.5) is 0 Å². The Bertz CT molecular complexity index is 80.6. The minimum absolute atomic E-state index is 0.368. The van der Waals surface area contributed by atoms with Crippen molar-refractivity contribution in [3.05, 3.63) is 4.91 Å². The highest BCUT2D eigenvalue weighted by atomic mass is 16.7. The summed E-state index contributed by atoms with van der Waals surface area (Å²) < 4.78 is 0. The number of hydrogen-bond donors (Lipinski definition) is 2. The Balaban J connectivity index is 2.14. The summed E-state index contributed by atoms with van der Waals surface area (Å²) in [5, 5.41) is 7.90. The van der Waals surface area contributed by atoms with Crippen molar-refractivity contribution in [2.45, 2.75) is 6.35 Å². The minimum Gasteiger partial charge on any atom is -0.328 e. The van der Waals surface area contributed by atoms with Crippen molar-refractivity contribution in [1.82, 2.24) is 10.6 Å². The van der Waals surface area contributed by atoms with E-state index >= 15 is 0 Å². The van der Waals surface area contributed by atoms with Gasteiger partial charge in [-0.3, -0.25) is 10.6 Å². The lowest BCUT2D eigenvalue weighted by Crippen LogP contribution is -2.31. The molecular formula is C3H7N3O2. The molecule has 0 aliphatic carbocycles. The summed E-state index contributed by atoms with van der Waals surface area (Å²) in [5.41, 5.74) is 0. The minimum atomic E-state index is -0.368. The molecule has 0 unspecified atom stereocenters. The Kier molecular flexibility index (Phi) is 1.76. The normalized spacial score (nSPS) is 21.0. The van der Waals surface area contributed by atoms with Gasteiger partial charge in [0.15, 0.2) is 5.34 Å². The van der Waals surface area contributed by atoms with E-state index in [4.69, 9.17) is 0 Å². The molecule has 46 valence electrons. The van der Waals surface area contributed by atoms with Crippen molar-refractivity contribution < 1.29 is 4.84 Å². The molecule has 1 rings (SSSR count). The molecule has 1 heterocycles. The maximum Gasteiger partial charge on any atom is 0.236 e. The van der Waals surface area contributed by atoms with E-state index < -0.39 is 0 Å². The van der Waals surface area contributed by atoms with Gasteiger partial charge in [-0.2, -0.15) is 0 Å². The second kappa shape index (κ2) is 2.58. The van der Waals surface area contributed by atoms with Crippen LogP contribution >= 0.6 is 0 Å². The van der Waals surface area contributed by atoms with Crippen LogP contribution in [0.15, 0.2) is 5.34 Å². The van der Waals surface area contributed by atoms with E-state index in [2.05, 4.69) is 20.8 Å². The number of rotatable bonds is 2. The zero-order chi connectivity index (χ0) is 5.82. The van der Waals surface area contributed by atoms with Crippen LogP contribution < -0.4 is 10.6 Å². The Morgan fingerprint density at radius 3 is 2.62 bits per heavy atom. The first-order valence-corrected chi connectivity index (χ1v) is 2.39. The summed E-state index contributed by atoms with van der Waals surface area (Å²) in [6, 6.07) is 0. The summed E-state index contributed by atoms with van der Waals surface area (Å²) in [4.78, 5) is 13.7. The third kappa shape index (κ3) is 1.14. The monoisotopic (exact) mass is 117 g/mol. The highest BCUT2D eigenvalue weighted by Crippen LogP contribution is 1.86. The molecule has 0 saturated carbocycles. The van der Waals surface area contributed by atoms with Crippen LogP contribution in [0.25, 0.3) is 0 Å². The number of nitrogens with one attached hydrogen (secondary N) is 2. The van der Waals surface area contributed by atoms with E-state index in [1.54, 1.807) is 0 Å². The Morgan fingerprint density at radius 1 is 1.50 bits per heavy atom. The van der Waals surface area contributed by atoms with Gasteiger partial charge in [0.1, 0.15) is 0 Å². The first kappa shape index (κ1) is 5.46. The second-order valence-electron chi connectivity index (χ2n) is 1.47. The summed E-state index contributed by atoms with van der Waals surface area (Å²) >= 11 is 0. The largest absolute Gasteiger partial charge is 0.328 e. The Labute approximate surface area is 46.3 Å². The molecule has 0 spiro atoms.